The third kappa shape index (κ3) is 2.75. The summed E-state index contributed by atoms with van der Waals surface area (Å²) in [6, 6.07) is 3.76. The molecule has 2 atom stereocenters. The predicted molar refractivity (Wildman–Crippen MR) is 87.5 cm³/mol. The first-order valence-electron chi connectivity index (χ1n) is 8.26. The van der Waals surface area contributed by atoms with Gasteiger partial charge in [0.2, 0.25) is 5.91 Å². The lowest BCUT2D eigenvalue weighted by Gasteiger charge is -2.25. The van der Waals surface area contributed by atoms with Crippen molar-refractivity contribution in [3.63, 3.8) is 0 Å². The summed E-state index contributed by atoms with van der Waals surface area (Å²) in [4.78, 5) is 23.8. The lowest BCUT2D eigenvalue weighted by Crippen LogP contribution is -2.39. The molecule has 0 unspecified atom stereocenters. The number of aromatic nitrogens is 3. The molecular weight excluding hydrogens is 306 g/mol. The molecule has 1 saturated heterocycles. The highest BCUT2D eigenvalue weighted by Gasteiger charge is 2.38. The lowest BCUT2D eigenvalue weighted by molar-refractivity contribution is -0.136. The standard InChI is InChI=1S/C17H21N5O2/c1-21-9-14(20-11-21)12-7-18-8-13(12)17(23)22-5-6-24-16-3-2-4-19-15(16)10-22/h2-4,9,11-13,18H,5-8,10H2,1H3/t12-,13-/m1/s1. The number of carbonyl (C=O) groups excluding carboxylic acids is 1. The van der Waals surface area contributed by atoms with Crippen molar-refractivity contribution >= 4 is 5.91 Å². The molecule has 7 nitrogen and oxygen atoms in total. The van der Waals surface area contributed by atoms with Gasteiger partial charge in [0.25, 0.3) is 0 Å². The van der Waals surface area contributed by atoms with Gasteiger partial charge in [0, 0.05) is 38.4 Å². The molecule has 4 rings (SSSR count). The van der Waals surface area contributed by atoms with Crippen molar-refractivity contribution in [1.29, 1.82) is 0 Å². The molecule has 2 aliphatic rings. The van der Waals surface area contributed by atoms with E-state index in [2.05, 4.69) is 15.3 Å². The molecule has 0 saturated carbocycles. The second kappa shape index (κ2) is 6.24. The van der Waals surface area contributed by atoms with Gasteiger partial charge in [-0.25, -0.2) is 4.98 Å². The Morgan fingerprint density at radius 1 is 1.38 bits per heavy atom. The number of aryl methyl sites for hydroxylation is 1. The van der Waals surface area contributed by atoms with Crippen molar-refractivity contribution in [2.75, 3.05) is 26.2 Å². The van der Waals surface area contributed by atoms with Crippen LogP contribution in [0, 0.1) is 5.92 Å². The molecule has 7 heteroatoms. The van der Waals surface area contributed by atoms with Crippen molar-refractivity contribution < 1.29 is 9.53 Å². The number of hydrogen-bond donors (Lipinski definition) is 1. The van der Waals surface area contributed by atoms with Crippen molar-refractivity contribution in [1.82, 2.24) is 24.8 Å². The van der Waals surface area contributed by atoms with E-state index in [4.69, 9.17) is 4.74 Å². The maximum atomic E-state index is 13.1. The molecule has 1 amide bonds. The third-order valence-electron chi connectivity index (χ3n) is 4.76. The topological polar surface area (TPSA) is 72.3 Å². The van der Waals surface area contributed by atoms with Gasteiger partial charge in [-0.3, -0.25) is 9.78 Å². The Morgan fingerprint density at radius 3 is 3.12 bits per heavy atom. The largest absolute Gasteiger partial charge is 0.490 e. The second-order valence-electron chi connectivity index (χ2n) is 6.39. The Morgan fingerprint density at radius 2 is 2.29 bits per heavy atom. The van der Waals surface area contributed by atoms with E-state index in [0.29, 0.717) is 26.2 Å². The molecule has 0 aromatic carbocycles. The number of nitrogens with zero attached hydrogens (tertiary/aromatic N) is 4. The van der Waals surface area contributed by atoms with Crippen molar-refractivity contribution in [3.8, 4) is 5.75 Å². The fourth-order valence-corrected chi connectivity index (χ4v) is 3.50. The molecule has 4 heterocycles. The van der Waals surface area contributed by atoms with E-state index in [1.807, 2.05) is 34.8 Å². The van der Waals surface area contributed by atoms with E-state index in [-0.39, 0.29) is 17.7 Å². The molecule has 0 radical (unpaired) electrons. The molecule has 1 fully saturated rings. The van der Waals surface area contributed by atoms with Crippen molar-refractivity contribution in [2.45, 2.75) is 12.5 Å². The van der Waals surface area contributed by atoms with Crippen LogP contribution in [0.2, 0.25) is 0 Å². The first-order valence-corrected chi connectivity index (χ1v) is 8.26. The van der Waals surface area contributed by atoms with Gasteiger partial charge in [-0.1, -0.05) is 0 Å². The fourth-order valence-electron chi connectivity index (χ4n) is 3.50. The zero-order valence-electron chi connectivity index (χ0n) is 13.7. The number of ether oxygens (including phenoxy) is 1. The van der Waals surface area contributed by atoms with Gasteiger partial charge in [0.05, 0.1) is 31.0 Å². The molecule has 24 heavy (non-hydrogen) atoms. The predicted octanol–water partition coefficient (Wildman–Crippen LogP) is 0.539. The van der Waals surface area contributed by atoms with Gasteiger partial charge in [-0.15, -0.1) is 0 Å². The van der Waals surface area contributed by atoms with Gasteiger partial charge in [0.1, 0.15) is 18.1 Å². The molecule has 126 valence electrons. The van der Waals surface area contributed by atoms with E-state index in [0.717, 1.165) is 23.7 Å². The van der Waals surface area contributed by atoms with Crippen LogP contribution in [0.3, 0.4) is 0 Å². The maximum Gasteiger partial charge on any atom is 0.228 e. The Kier molecular flexibility index (Phi) is 3.93. The normalized spacial score (nSPS) is 23.5. The highest BCUT2D eigenvalue weighted by Crippen LogP contribution is 2.30. The van der Waals surface area contributed by atoms with E-state index >= 15 is 0 Å². The van der Waals surface area contributed by atoms with Crippen LogP contribution in [0.5, 0.6) is 5.75 Å². The Bertz CT molecular complexity index is 744. The fraction of sp³-hybridized carbons (Fsp3) is 0.471. The molecule has 0 spiro atoms. The lowest BCUT2D eigenvalue weighted by atomic mass is 9.92. The molecule has 1 N–H and O–H groups in total. The van der Waals surface area contributed by atoms with Gasteiger partial charge in [-0.2, -0.15) is 0 Å². The summed E-state index contributed by atoms with van der Waals surface area (Å²) in [6.07, 6.45) is 5.53. The van der Waals surface area contributed by atoms with E-state index in [9.17, 15) is 4.79 Å². The van der Waals surface area contributed by atoms with E-state index in [1.54, 1.807) is 12.5 Å². The highest BCUT2D eigenvalue weighted by molar-refractivity contribution is 5.80. The van der Waals surface area contributed by atoms with Crippen molar-refractivity contribution in [3.05, 3.63) is 42.2 Å². The Balaban J connectivity index is 1.54. The number of rotatable bonds is 2. The Labute approximate surface area is 140 Å². The number of imidazole rings is 1. The minimum Gasteiger partial charge on any atom is -0.490 e. The number of carbonyl (C=O) groups is 1. The highest BCUT2D eigenvalue weighted by atomic mass is 16.5. The molecular formula is C17H21N5O2. The van der Waals surface area contributed by atoms with E-state index in [1.165, 1.54) is 0 Å². The van der Waals surface area contributed by atoms with Crippen LogP contribution >= 0.6 is 0 Å². The summed E-state index contributed by atoms with van der Waals surface area (Å²) in [6.45, 7) is 3.05. The van der Waals surface area contributed by atoms with Crippen LogP contribution < -0.4 is 10.1 Å². The van der Waals surface area contributed by atoms with Crippen LogP contribution in [0.1, 0.15) is 17.3 Å². The van der Waals surface area contributed by atoms with Crippen LogP contribution in [-0.2, 0) is 18.4 Å². The molecule has 2 aromatic rings. The summed E-state index contributed by atoms with van der Waals surface area (Å²) < 4.78 is 7.64. The van der Waals surface area contributed by atoms with Gasteiger partial charge >= 0.3 is 0 Å². The van der Waals surface area contributed by atoms with Crippen LogP contribution in [0.25, 0.3) is 0 Å². The average Bonchev–Trinajstić information content (AvgIpc) is 3.17. The number of nitrogens with one attached hydrogen (secondary N) is 1. The van der Waals surface area contributed by atoms with Gasteiger partial charge < -0.3 is 19.5 Å². The third-order valence-corrected chi connectivity index (χ3v) is 4.76. The summed E-state index contributed by atoms with van der Waals surface area (Å²) in [5.41, 5.74) is 1.80. The molecule has 0 bridgehead atoms. The van der Waals surface area contributed by atoms with Crippen LogP contribution in [0.4, 0.5) is 0 Å². The summed E-state index contributed by atoms with van der Waals surface area (Å²) >= 11 is 0. The number of amides is 1. The molecule has 2 aliphatic heterocycles. The maximum absolute atomic E-state index is 13.1. The average molecular weight is 327 g/mol. The monoisotopic (exact) mass is 327 g/mol. The summed E-state index contributed by atoms with van der Waals surface area (Å²) in [7, 11) is 1.95. The molecule has 0 aliphatic carbocycles. The number of hydrogen-bond acceptors (Lipinski definition) is 5. The SMILES string of the molecule is Cn1cnc([C@@H]2CNC[C@H]2C(=O)N2CCOc3cccnc3C2)c1. The van der Waals surface area contributed by atoms with Gasteiger partial charge in [-0.05, 0) is 12.1 Å². The van der Waals surface area contributed by atoms with E-state index < -0.39 is 0 Å². The second-order valence-corrected chi connectivity index (χ2v) is 6.39. The van der Waals surface area contributed by atoms with Gasteiger partial charge in [0.15, 0.2) is 0 Å². The zero-order chi connectivity index (χ0) is 16.5. The minimum atomic E-state index is -0.0924. The minimum absolute atomic E-state index is 0.0924. The quantitative estimate of drug-likeness (QED) is 0.872. The Hall–Kier alpha value is -2.41. The summed E-state index contributed by atoms with van der Waals surface area (Å²) in [5, 5.41) is 3.34. The number of pyridine rings is 1. The van der Waals surface area contributed by atoms with Crippen molar-refractivity contribution in [2.24, 2.45) is 13.0 Å². The zero-order valence-corrected chi connectivity index (χ0v) is 13.7. The summed E-state index contributed by atoms with van der Waals surface area (Å²) in [5.74, 6) is 0.951. The smallest absolute Gasteiger partial charge is 0.228 e. The number of fused-ring (bicyclic) bond motifs is 1. The first kappa shape index (κ1) is 15.1. The molecule has 2 aromatic heterocycles. The van der Waals surface area contributed by atoms with Crippen LogP contribution in [0.15, 0.2) is 30.9 Å². The van der Waals surface area contributed by atoms with Crippen LogP contribution in [-0.4, -0.2) is 51.6 Å². The first-order chi connectivity index (χ1) is 11.7.